The smallest absolute Gasteiger partial charge is 0.373 e. The molecule has 0 fully saturated rings. The molecular formula is C18H17NO5. The molecule has 6 nitrogen and oxygen atoms in total. The van der Waals surface area contributed by atoms with Crippen LogP contribution in [-0.4, -0.2) is 17.6 Å². The lowest BCUT2D eigenvalue weighted by Gasteiger charge is -2.09. The van der Waals surface area contributed by atoms with Crippen molar-refractivity contribution in [3.8, 4) is 5.75 Å². The molecule has 0 unspecified atom stereocenters. The summed E-state index contributed by atoms with van der Waals surface area (Å²) in [6, 6.07) is 10.4. The quantitative estimate of drug-likeness (QED) is 0.674. The Morgan fingerprint density at radius 3 is 2.75 bits per heavy atom. The van der Waals surface area contributed by atoms with E-state index < -0.39 is 5.97 Å². The van der Waals surface area contributed by atoms with Gasteiger partial charge in [-0.25, -0.2) is 4.79 Å². The number of carbonyl (C=O) groups excluding carboxylic acids is 1. The first kappa shape index (κ1) is 15.9. The molecule has 0 N–H and O–H groups in total. The summed E-state index contributed by atoms with van der Waals surface area (Å²) in [5.41, 5.74) is -0.0496. The maximum absolute atomic E-state index is 12.3. The zero-order valence-corrected chi connectivity index (χ0v) is 13.4. The number of hydrogen-bond donors (Lipinski definition) is 0. The molecule has 6 heteroatoms. The first-order chi connectivity index (χ1) is 11.6. The van der Waals surface area contributed by atoms with Crippen molar-refractivity contribution in [2.45, 2.75) is 20.1 Å². The third-order valence-electron chi connectivity index (χ3n) is 3.74. The van der Waals surface area contributed by atoms with E-state index in [4.69, 9.17) is 9.15 Å². The molecule has 0 saturated carbocycles. The van der Waals surface area contributed by atoms with Crippen molar-refractivity contribution in [3.63, 3.8) is 0 Å². The van der Waals surface area contributed by atoms with E-state index in [0.29, 0.717) is 23.4 Å². The maximum atomic E-state index is 12.3. The summed E-state index contributed by atoms with van der Waals surface area (Å²) >= 11 is 0. The van der Waals surface area contributed by atoms with Gasteiger partial charge in [-0.3, -0.25) is 4.79 Å². The van der Waals surface area contributed by atoms with Crippen molar-refractivity contribution >= 4 is 16.7 Å². The Bertz CT molecular complexity index is 938. The van der Waals surface area contributed by atoms with Crippen molar-refractivity contribution in [2.75, 3.05) is 7.11 Å². The standard InChI is InChI=1S/C18H17NO5/c1-3-19-10-9-13-14(17(19)20)5-4-6-15(13)23-11-12-7-8-16(24-12)18(21)22-2/h4-10H,3,11H2,1-2H3. The summed E-state index contributed by atoms with van der Waals surface area (Å²) in [5, 5.41) is 1.35. The van der Waals surface area contributed by atoms with Gasteiger partial charge in [0.1, 0.15) is 18.1 Å². The molecule has 2 aromatic heterocycles. The minimum atomic E-state index is -0.536. The highest BCUT2D eigenvalue weighted by Gasteiger charge is 2.12. The van der Waals surface area contributed by atoms with Gasteiger partial charge in [-0.1, -0.05) is 6.07 Å². The van der Waals surface area contributed by atoms with Gasteiger partial charge in [-0.15, -0.1) is 0 Å². The van der Waals surface area contributed by atoms with Crippen LogP contribution in [0.2, 0.25) is 0 Å². The van der Waals surface area contributed by atoms with Gasteiger partial charge >= 0.3 is 5.97 Å². The number of hydrogen-bond acceptors (Lipinski definition) is 5. The Morgan fingerprint density at radius 2 is 2.00 bits per heavy atom. The zero-order valence-electron chi connectivity index (χ0n) is 13.4. The molecule has 124 valence electrons. The highest BCUT2D eigenvalue weighted by molar-refractivity contribution is 5.87. The predicted molar refractivity (Wildman–Crippen MR) is 88.3 cm³/mol. The maximum Gasteiger partial charge on any atom is 0.373 e. The van der Waals surface area contributed by atoms with Crippen LogP contribution in [0.1, 0.15) is 23.2 Å². The molecule has 1 aromatic carbocycles. The number of pyridine rings is 1. The number of rotatable bonds is 5. The van der Waals surface area contributed by atoms with Gasteiger partial charge in [0, 0.05) is 18.1 Å². The Kier molecular flexibility index (Phi) is 4.37. The molecule has 3 aromatic rings. The first-order valence-electron chi connectivity index (χ1n) is 7.56. The molecule has 0 aliphatic heterocycles. The number of nitrogens with zero attached hydrogens (tertiary/aromatic N) is 1. The van der Waals surface area contributed by atoms with Gasteiger partial charge in [0.25, 0.3) is 5.56 Å². The average Bonchev–Trinajstić information content (AvgIpc) is 3.09. The van der Waals surface area contributed by atoms with Gasteiger partial charge in [-0.05, 0) is 37.3 Å². The van der Waals surface area contributed by atoms with Crippen molar-refractivity contribution in [3.05, 3.63) is 64.5 Å². The van der Waals surface area contributed by atoms with E-state index in [1.54, 1.807) is 35.0 Å². The third-order valence-corrected chi connectivity index (χ3v) is 3.74. The third kappa shape index (κ3) is 2.90. The predicted octanol–water partition coefficient (Wildman–Crippen LogP) is 2.98. The number of ether oxygens (including phenoxy) is 2. The molecule has 2 heterocycles. The Labute approximate surface area is 138 Å². The van der Waals surface area contributed by atoms with Crippen LogP contribution in [0.4, 0.5) is 0 Å². The van der Waals surface area contributed by atoms with Crippen LogP contribution in [0.3, 0.4) is 0 Å². The molecule has 0 bridgehead atoms. The van der Waals surface area contributed by atoms with Crippen LogP contribution in [0, 0.1) is 0 Å². The topological polar surface area (TPSA) is 70.7 Å². The number of fused-ring (bicyclic) bond motifs is 1. The summed E-state index contributed by atoms with van der Waals surface area (Å²) < 4.78 is 17.4. The van der Waals surface area contributed by atoms with Crippen LogP contribution in [0.15, 0.2) is 51.8 Å². The molecule has 0 saturated heterocycles. The fraction of sp³-hybridized carbons (Fsp3) is 0.222. The van der Waals surface area contributed by atoms with Gasteiger partial charge in [0.05, 0.1) is 12.5 Å². The van der Waals surface area contributed by atoms with Crippen molar-refractivity contribution in [2.24, 2.45) is 0 Å². The molecule has 0 atom stereocenters. The van der Waals surface area contributed by atoms with E-state index in [1.165, 1.54) is 13.2 Å². The molecule has 3 rings (SSSR count). The number of carbonyl (C=O) groups is 1. The van der Waals surface area contributed by atoms with Crippen molar-refractivity contribution < 1.29 is 18.7 Å². The highest BCUT2D eigenvalue weighted by atomic mass is 16.5. The first-order valence-corrected chi connectivity index (χ1v) is 7.56. The number of furan rings is 1. The van der Waals surface area contributed by atoms with E-state index in [-0.39, 0.29) is 17.9 Å². The SMILES string of the molecule is CCn1ccc2c(OCc3ccc(C(=O)OC)o3)cccc2c1=O. The molecule has 0 amide bonds. The van der Waals surface area contributed by atoms with Crippen molar-refractivity contribution in [1.82, 2.24) is 4.57 Å². The summed E-state index contributed by atoms with van der Waals surface area (Å²) in [5.74, 6) is 0.671. The minimum Gasteiger partial charge on any atom is -0.485 e. The van der Waals surface area contributed by atoms with Crippen LogP contribution >= 0.6 is 0 Å². The van der Waals surface area contributed by atoms with Crippen LogP contribution in [0.25, 0.3) is 10.8 Å². The summed E-state index contributed by atoms with van der Waals surface area (Å²) in [4.78, 5) is 23.7. The largest absolute Gasteiger partial charge is 0.485 e. The lowest BCUT2D eigenvalue weighted by molar-refractivity contribution is 0.0561. The van der Waals surface area contributed by atoms with Gasteiger partial charge < -0.3 is 18.5 Å². The van der Waals surface area contributed by atoms with E-state index in [1.807, 2.05) is 13.0 Å². The summed E-state index contributed by atoms with van der Waals surface area (Å²) in [6.07, 6.45) is 1.75. The Balaban J connectivity index is 1.85. The van der Waals surface area contributed by atoms with Crippen LogP contribution in [0.5, 0.6) is 5.75 Å². The molecule has 24 heavy (non-hydrogen) atoms. The number of benzene rings is 1. The second-order valence-electron chi connectivity index (χ2n) is 5.17. The minimum absolute atomic E-state index is 0.0496. The van der Waals surface area contributed by atoms with Crippen molar-refractivity contribution in [1.29, 1.82) is 0 Å². The van der Waals surface area contributed by atoms with E-state index in [0.717, 1.165) is 5.39 Å². The molecule has 0 aliphatic rings. The van der Waals surface area contributed by atoms with Gasteiger partial charge in [-0.2, -0.15) is 0 Å². The average molecular weight is 327 g/mol. The summed E-state index contributed by atoms with van der Waals surface area (Å²) in [7, 11) is 1.29. The lowest BCUT2D eigenvalue weighted by atomic mass is 10.1. The van der Waals surface area contributed by atoms with E-state index in [2.05, 4.69) is 4.74 Å². The van der Waals surface area contributed by atoms with E-state index >= 15 is 0 Å². The second kappa shape index (κ2) is 6.62. The molecule has 0 radical (unpaired) electrons. The number of aromatic nitrogens is 1. The fourth-order valence-electron chi connectivity index (χ4n) is 2.48. The normalized spacial score (nSPS) is 10.8. The lowest BCUT2D eigenvalue weighted by Crippen LogP contribution is -2.18. The fourth-order valence-corrected chi connectivity index (χ4v) is 2.48. The van der Waals surface area contributed by atoms with Crippen LogP contribution in [-0.2, 0) is 17.9 Å². The number of methoxy groups -OCH3 is 1. The second-order valence-corrected chi connectivity index (χ2v) is 5.17. The Hall–Kier alpha value is -3.02. The van der Waals surface area contributed by atoms with Gasteiger partial charge in [0.15, 0.2) is 0 Å². The monoisotopic (exact) mass is 327 g/mol. The Morgan fingerprint density at radius 1 is 1.17 bits per heavy atom. The molecule has 0 aliphatic carbocycles. The van der Waals surface area contributed by atoms with E-state index in [9.17, 15) is 9.59 Å². The zero-order chi connectivity index (χ0) is 17.1. The number of esters is 1. The van der Waals surface area contributed by atoms with Gasteiger partial charge in [0.2, 0.25) is 5.76 Å². The number of aryl methyl sites for hydroxylation is 1. The molecule has 0 spiro atoms. The summed E-state index contributed by atoms with van der Waals surface area (Å²) in [6.45, 7) is 2.68. The highest BCUT2D eigenvalue weighted by Crippen LogP contribution is 2.24. The van der Waals surface area contributed by atoms with Crippen LogP contribution < -0.4 is 10.3 Å². The molecular weight excluding hydrogens is 310 g/mol.